The number of anilines is 1. The van der Waals surface area contributed by atoms with Gasteiger partial charge in [0.15, 0.2) is 0 Å². The summed E-state index contributed by atoms with van der Waals surface area (Å²) in [6.07, 6.45) is -1.94. The molecule has 0 amide bonds. The van der Waals surface area contributed by atoms with Gasteiger partial charge in [0.05, 0.1) is 23.2 Å². The van der Waals surface area contributed by atoms with Gasteiger partial charge < -0.3 is 4.90 Å². The molecule has 1 aliphatic heterocycles. The van der Waals surface area contributed by atoms with E-state index < -0.39 is 21.8 Å². The first kappa shape index (κ1) is 18.3. The summed E-state index contributed by atoms with van der Waals surface area (Å²) in [5.74, 6) is 0.261. The van der Waals surface area contributed by atoms with Gasteiger partial charge in [-0.05, 0) is 12.5 Å². The number of halogens is 4. The highest BCUT2D eigenvalue weighted by atomic mass is 35.5. The monoisotopic (exact) mass is 371 g/mol. The second-order valence-corrected chi connectivity index (χ2v) is 7.64. The van der Waals surface area contributed by atoms with Gasteiger partial charge in [-0.15, -0.1) is 11.6 Å². The third-order valence-electron chi connectivity index (χ3n) is 3.58. The standard InChI is InChI=1S/C13H17ClF3N3O2S/c14-2-1-7-23(21,22)20-5-3-19(4-6-20)12-8-11(9-18-10-12)13(15,16)17/h8-10H,1-7H2. The van der Waals surface area contributed by atoms with Crippen LogP contribution >= 0.6 is 11.6 Å². The first-order valence-electron chi connectivity index (χ1n) is 7.05. The van der Waals surface area contributed by atoms with E-state index in [9.17, 15) is 21.6 Å². The van der Waals surface area contributed by atoms with Crippen molar-refractivity contribution in [2.45, 2.75) is 12.6 Å². The van der Waals surface area contributed by atoms with Crippen LogP contribution in [0.4, 0.5) is 18.9 Å². The predicted molar refractivity (Wildman–Crippen MR) is 82.1 cm³/mol. The van der Waals surface area contributed by atoms with Crippen LogP contribution in [-0.2, 0) is 16.2 Å². The molecule has 2 heterocycles. The van der Waals surface area contributed by atoms with Crippen LogP contribution in [0.15, 0.2) is 18.5 Å². The average molecular weight is 372 g/mol. The minimum Gasteiger partial charge on any atom is -0.368 e. The topological polar surface area (TPSA) is 53.5 Å². The number of alkyl halides is 4. The lowest BCUT2D eigenvalue weighted by Gasteiger charge is -2.35. The van der Waals surface area contributed by atoms with Crippen molar-refractivity contribution < 1.29 is 21.6 Å². The molecule has 130 valence electrons. The normalized spacial score (nSPS) is 17.5. The largest absolute Gasteiger partial charge is 0.417 e. The molecule has 0 aromatic carbocycles. The van der Waals surface area contributed by atoms with E-state index in [1.165, 1.54) is 10.5 Å². The van der Waals surface area contributed by atoms with E-state index >= 15 is 0 Å². The first-order chi connectivity index (χ1) is 10.7. The molecule has 5 nitrogen and oxygen atoms in total. The molecule has 0 saturated carbocycles. The highest BCUT2D eigenvalue weighted by Crippen LogP contribution is 2.31. The number of aromatic nitrogens is 1. The van der Waals surface area contributed by atoms with Crippen LogP contribution in [-0.4, -0.2) is 55.5 Å². The Labute approximate surface area is 138 Å². The number of hydrogen-bond acceptors (Lipinski definition) is 4. The van der Waals surface area contributed by atoms with Crippen LogP contribution in [0.2, 0.25) is 0 Å². The summed E-state index contributed by atoms with van der Waals surface area (Å²) in [4.78, 5) is 5.33. The summed E-state index contributed by atoms with van der Waals surface area (Å²) in [7, 11) is -3.36. The third kappa shape index (κ3) is 4.71. The highest BCUT2D eigenvalue weighted by molar-refractivity contribution is 7.89. The van der Waals surface area contributed by atoms with Gasteiger partial charge >= 0.3 is 6.18 Å². The molecule has 0 spiro atoms. The third-order valence-corrected chi connectivity index (χ3v) is 5.81. The van der Waals surface area contributed by atoms with Crippen molar-refractivity contribution in [3.63, 3.8) is 0 Å². The molecule has 0 aliphatic carbocycles. The van der Waals surface area contributed by atoms with Crippen molar-refractivity contribution in [1.82, 2.24) is 9.29 Å². The van der Waals surface area contributed by atoms with Crippen LogP contribution in [0.1, 0.15) is 12.0 Å². The number of pyridine rings is 1. The molecule has 1 aromatic heterocycles. The van der Waals surface area contributed by atoms with E-state index in [0.717, 1.165) is 12.3 Å². The summed E-state index contributed by atoms with van der Waals surface area (Å²) in [6, 6.07) is 1.03. The summed E-state index contributed by atoms with van der Waals surface area (Å²) in [6.45, 7) is 1.12. The molecule has 1 aliphatic rings. The van der Waals surface area contributed by atoms with E-state index in [-0.39, 0.29) is 24.7 Å². The Morgan fingerprint density at radius 2 is 1.83 bits per heavy atom. The number of hydrogen-bond donors (Lipinski definition) is 0. The Kier molecular flexibility index (Phi) is 5.74. The average Bonchev–Trinajstić information content (AvgIpc) is 2.52. The van der Waals surface area contributed by atoms with Crippen LogP contribution < -0.4 is 4.90 Å². The zero-order valence-corrected chi connectivity index (χ0v) is 13.8. The zero-order valence-electron chi connectivity index (χ0n) is 12.3. The van der Waals surface area contributed by atoms with Crippen LogP contribution in [0.5, 0.6) is 0 Å². The van der Waals surface area contributed by atoms with Crippen molar-refractivity contribution >= 4 is 27.3 Å². The van der Waals surface area contributed by atoms with Crippen molar-refractivity contribution in [2.75, 3.05) is 42.7 Å². The molecule has 10 heteroatoms. The van der Waals surface area contributed by atoms with E-state index in [0.29, 0.717) is 25.2 Å². The smallest absolute Gasteiger partial charge is 0.368 e. The predicted octanol–water partition coefficient (Wildman–Crippen LogP) is 2.18. The maximum Gasteiger partial charge on any atom is 0.417 e. The lowest BCUT2D eigenvalue weighted by molar-refractivity contribution is -0.137. The summed E-state index contributed by atoms with van der Waals surface area (Å²) < 4.78 is 63.6. The molecule has 0 N–H and O–H groups in total. The molecule has 1 aromatic rings. The molecule has 0 unspecified atom stereocenters. The minimum absolute atomic E-state index is 0.0123. The van der Waals surface area contributed by atoms with Crippen molar-refractivity contribution in [3.05, 3.63) is 24.0 Å². The van der Waals surface area contributed by atoms with E-state index in [1.54, 1.807) is 4.90 Å². The summed E-state index contributed by atoms with van der Waals surface area (Å²) >= 11 is 5.51. The zero-order chi connectivity index (χ0) is 17.1. The lowest BCUT2D eigenvalue weighted by atomic mass is 10.2. The van der Waals surface area contributed by atoms with Gasteiger partial charge in [-0.3, -0.25) is 4.98 Å². The van der Waals surface area contributed by atoms with Gasteiger partial charge in [0.25, 0.3) is 0 Å². The summed E-state index contributed by atoms with van der Waals surface area (Å²) in [5, 5.41) is 0. The van der Waals surface area contributed by atoms with Crippen molar-refractivity contribution in [1.29, 1.82) is 0 Å². The van der Waals surface area contributed by atoms with Crippen LogP contribution in [0, 0.1) is 0 Å². The molecule has 1 fully saturated rings. The van der Waals surface area contributed by atoms with Gasteiger partial charge in [-0.1, -0.05) is 0 Å². The Bertz CT molecular complexity index is 632. The van der Waals surface area contributed by atoms with E-state index in [1.807, 2.05) is 0 Å². The molecular weight excluding hydrogens is 355 g/mol. The van der Waals surface area contributed by atoms with Gasteiger partial charge in [0.2, 0.25) is 10.0 Å². The highest BCUT2D eigenvalue weighted by Gasteiger charge is 2.32. The molecular formula is C13H17ClF3N3O2S. The SMILES string of the molecule is O=S(=O)(CCCCl)N1CCN(c2cncc(C(F)(F)F)c2)CC1. The fraction of sp³-hybridized carbons (Fsp3) is 0.615. The van der Waals surface area contributed by atoms with Gasteiger partial charge in [-0.2, -0.15) is 17.5 Å². The lowest BCUT2D eigenvalue weighted by Crippen LogP contribution is -2.49. The number of piperazine rings is 1. The molecule has 2 rings (SSSR count). The van der Waals surface area contributed by atoms with Crippen molar-refractivity contribution in [2.24, 2.45) is 0 Å². The number of nitrogens with zero attached hydrogens (tertiary/aromatic N) is 3. The second-order valence-electron chi connectivity index (χ2n) is 5.17. The molecule has 0 bridgehead atoms. The van der Waals surface area contributed by atoms with E-state index in [2.05, 4.69) is 4.98 Å². The first-order valence-corrected chi connectivity index (χ1v) is 9.19. The Balaban J connectivity index is 2.02. The molecule has 23 heavy (non-hydrogen) atoms. The Morgan fingerprint density at radius 1 is 1.17 bits per heavy atom. The molecule has 0 atom stereocenters. The number of sulfonamides is 1. The minimum atomic E-state index is -4.45. The maximum absolute atomic E-state index is 12.7. The van der Waals surface area contributed by atoms with Crippen LogP contribution in [0.3, 0.4) is 0 Å². The summed E-state index contributed by atoms with van der Waals surface area (Å²) in [5.41, 5.74) is -0.468. The molecule has 1 saturated heterocycles. The fourth-order valence-electron chi connectivity index (χ4n) is 2.35. The quantitative estimate of drug-likeness (QED) is 0.744. The van der Waals surface area contributed by atoms with Gasteiger partial charge in [0, 0.05) is 38.3 Å². The Morgan fingerprint density at radius 3 is 2.39 bits per heavy atom. The number of rotatable bonds is 5. The van der Waals surface area contributed by atoms with Gasteiger partial charge in [0.1, 0.15) is 0 Å². The second kappa shape index (κ2) is 7.23. The van der Waals surface area contributed by atoms with Crippen molar-refractivity contribution in [3.8, 4) is 0 Å². The Hall–Kier alpha value is -1.06. The fourth-order valence-corrected chi connectivity index (χ4v) is 4.13. The van der Waals surface area contributed by atoms with Crippen LogP contribution in [0.25, 0.3) is 0 Å². The maximum atomic E-state index is 12.7. The van der Waals surface area contributed by atoms with E-state index in [4.69, 9.17) is 11.6 Å². The molecule has 0 radical (unpaired) electrons. The van der Waals surface area contributed by atoms with Gasteiger partial charge in [-0.25, -0.2) is 8.42 Å².